The van der Waals surface area contributed by atoms with Gasteiger partial charge in [0.1, 0.15) is 6.33 Å². The van der Waals surface area contributed by atoms with Crippen LogP contribution in [0.3, 0.4) is 0 Å². The first-order valence-corrected chi connectivity index (χ1v) is 5.99. The largest absolute Gasteiger partial charge is 0.256 e. The van der Waals surface area contributed by atoms with Crippen LogP contribution in [-0.2, 0) is 6.42 Å². The summed E-state index contributed by atoms with van der Waals surface area (Å²) >= 11 is 6.08. The smallest absolute Gasteiger partial charge is 0.115 e. The van der Waals surface area contributed by atoms with Gasteiger partial charge in [-0.15, -0.1) is 0 Å². The highest BCUT2D eigenvalue weighted by molar-refractivity contribution is 6.31. The summed E-state index contributed by atoms with van der Waals surface area (Å²) in [4.78, 5) is 12.5. The maximum Gasteiger partial charge on any atom is 0.115 e. The van der Waals surface area contributed by atoms with E-state index in [-0.39, 0.29) is 0 Å². The number of fused-ring (bicyclic) bond motifs is 1. The molecule has 3 aromatic rings. The number of pyridine rings is 1. The predicted molar refractivity (Wildman–Crippen MR) is 71.6 cm³/mol. The highest BCUT2D eigenvalue weighted by Gasteiger charge is 2.06. The van der Waals surface area contributed by atoms with E-state index in [2.05, 4.69) is 21.0 Å². The lowest BCUT2D eigenvalue weighted by atomic mass is 10.0. The number of halogens is 1. The van der Waals surface area contributed by atoms with Crippen LogP contribution in [0.25, 0.3) is 10.9 Å². The minimum atomic E-state index is 0.596. The minimum absolute atomic E-state index is 0.596. The first-order chi connectivity index (χ1) is 8.84. The summed E-state index contributed by atoms with van der Waals surface area (Å²) in [5, 5.41) is 1.73. The lowest BCUT2D eigenvalue weighted by Crippen LogP contribution is -1.95. The molecule has 0 aliphatic heterocycles. The van der Waals surface area contributed by atoms with Crippen molar-refractivity contribution in [2.45, 2.75) is 6.42 Å². The van der Waals surface area contributed by atoms with Gasteiger partial charge < -0.3 is 0 Å². The van der Waals surface area contributed by atoms with Gasteiger partial charge >= 0.3 is 0 Å². The van der Waals surface area contributed by atoms with Gasteiger partial charge in [0.2, 0.25) is 0 Å². The molecule has 0 N–H and O–H groups in total. The minimum Gasteiger partial charge on any atom is -0.256 e. The molecule has 0 aliphatic carbocycles. The molecule has 2 heterocycles. The van der Waals surface area contributed by atoms with Gasteiger partial charge in [-0.2, -0.15) is 0 Å². The zero-order valence-corrected chi connectivity index (χ0v) is 10.3. The highest BCUT2D eigenvalue weighted by atomic mass is 35.5. The van der Waals surface area contributed by atoms with E-state index in [9.17, 15) is 0 Å². The monoisotopic (exact) mass is 255 g/mol. The van der Waals surface area contributed by atoms with E-state index in [1.807, 2.05) is 30.5 Å². The Morgan fingerprint density at radius 3 is 2.83 bits per heavy atom. The lowest BCUT2D eigenvalue weighted by molar-refractivity contribution is 1.03. The molecule has 2 aromatic heterocycles. The Balaban J connectivity index is 2.08. The van der Waals surface area contributed by atoms with Crippen LogP contribution in [0.5, 0.6) is 0 Å². The molecule has 0 amide bonds. The summed E-state index contributed by atoms with van der Waals surface area (Å²) in [7, 11) is 0. The van der Waals surface area contributed by atoms with Gasteiger partial charge in [-0.05, 0) is 17.7 Å². The maximum absolute atomic E-state index is 6.08. The molecule has 0 atom stereocenters. The zero-order valence-electron chi connectivity index (χ0n) is 9.55. The van der Waals surface area contributed by atoms with Crippen LogP contribution in [0, 0.1) is 0 Å². The van der Waals surface area contributed by atoms with Crippen LogP contribution >= 0.6 is 11.6 Å². The number of hydrogen-bond donors (Lipinski definition) is 0. The Morgan fingerprint density at radius 1 is 1.06 bits per heavy atom. The number of hydrogen-bond acceptors (Lipinski definition) is 3. The molecule has 0 fully saturated rings. The summed E-state index contributed by atoms with van der Waals surface area (Å²) in [6.45, 7) is 0. The highest BCUT2D eigenvalue weighted by Crippen LogP contribution is 2.21. The molecule has 0 radical (unpaired) electrons. The maximum atomic E-state index is 6.08. The predicted octanol–water partition coefficient (Wildman–Crippen LogP) is 3.27. The Morgan fingerprint density at radius 2 is 1.94 bits per heavy atom. The van der Waals surface area contributed by atoms with Gasteiger partial charge in [0.05, 0.1) is 16.2 Å². The molecule has 1 aromatic carbocycles. The van der Waals surface area contributed by atoms with E-state index in [4.69, 9.17) is 11.6 Å². The quantitative estimate of drug-likeness (QED) is 0.705. The summed E-state index contributed by atoms with van der Waals surface area (Å²) in [5.74, 6) is 0. The molecule has 88 valence electrons. The van der Waals surface area contributed by atoms with Crippen molar-refractivity contribution in [2.24, 2.45) is 0 Å². The van der Waals surface area contributed by atoms with Crippen molar-refractivity contribution in [3.8, 4) is 0 Å². The number of benzene rings is 1. The van der Waals surface area contributed by atoms with Crippen molar-refractivity contribution in [1.82, 2.24) is 15.0 Å². The topological polar surface area (TPSA) is 38.7 Å². The fraction of sp³-hybridized carbons (Fsp3) is 0.0714. The summed E-state index contributed by atoms with van der Waals surface area (Å²) in [5.41, 5.74) is 2.99. The number of aromatic nitrogens is 3. The van der Waals surface area contributed by atoms with E-state index in [1.54, 1.807) is 6.20 Å². The Labute approximate surface area is 109 Å². The van der Waals surface area contributed by atoms with E-state index in [0.29, 0.717) is 11.4 Å². The molecule has 0 saturated heterocycles. The van der Waals surface area contributed by atoms with Gasteiger partial charge in [0.15, 0.2) is 0 Å². The molecular weight excluding hydrogens is 246 g/mol. The molecule has 3 nitrogen and oxygen atoms in total. The van der Waals surface area contributed by atoms with Crippen molar-refractivity contribution in [1.29, 1.82) is 0 Å². The van der Waals surface area contributed by atoms with Gasteiger partial charge in [-0.3, -0.25) is 4.98 Å². The average Bonchev–Trinajstić information content (AvgIpc) is 2.42. The van der Waals surface area contributed by atoms with Crippen LogP contribution < -0.4 is 0 Å². The molecule has 3 rings (SSSR count). The summed E-state index contributed by atoms with van der Waals surface area (Å²) < 4.78 is 0. The molecule has 0 bridgehead atoms. The third-order valence-corrected chi connectivity index (χ3v) is 3.16. The molecule has 18 heavy (non-hydrogen) atoms. The molecular formula is C14H10ClN3. The third kappa shape index (κ3) is 2.05. The Hall–Kier alpha value is -2.00. The number of rotatable bonds is 2. The second kappa shape index (κ2) is 4.70. The third-order valence-electron chi connectivity index (χ3n) is 2.84. The first kappa shape index (κ1) is 11.1. The average molecular weight is 256 g/mol. The van der Waals surface area contributed by atoms with Crippen molar-refractivity contribution in [2.75, 3.05) is 0 Å². The van der Waals surface area contributed by atoms with Crippen LogP contribution in [0.1, 0.15) is 11.3 Å². The number of nitrogens with zero attached hydrogens (tertiary/aromatic N) is 3. The fourth-order valence-electron chi connectivity index (χ4n) is 1.96. The van der Waals surface area contributed by atoms with Crippen molar-refractivity contribution in [3.63, 3.8) is 0 Å². The summed E-state index contributed by atoms with van der Waals surface area (Å²) in [6.07, 6.45) is 5.63. The van der Waals surface area contributed by atoms with Crippen LogP contribution in [-0.4, -0.2) is 15.0 Å². The number of para-hydroxylation sites is 1. The second-order valence-corrected chi connectivity index (χ2v) is 4.39. The van der Waals surface area contributed by atoms with Crippen LogP contribution in [0.4, 0.5) is 0 Å². The zero-order chi connectivity index (χ0) is 12.4. The molecule has 4 heteroatoms. The Bertz CT molecular complexity index is 692. The standard InChI is InChI=1S/C14H10ClN3/c15-12-8-16-9-18-14(12)7-10-5-6-17-13-4-2-1-3-11(10)13/h1-6,8-9H,7H2. The normalized spacial score (nSPS) is 10.7. The fourth-order valence-corrected chi connectivity index (χ4v) is 2.13. The van der Waals surface area contributed by atoms with Gasteiger partial charge in [-0.25, -0.2) is 9.97 Å². The first-order valence-electron chi connectivity index (χ1n) is 5.61. The lowest BCUT2D eigenvalue weighted by Gasteiger charge is -2.06. The van der Waals surface area contributed by atoms with E-state index >= 15 is 0 Å². The second-order valence-electron chi connectivity index (χ2n) is 3.98. The molecule has 0 aliphatic rings. The Kier molecular flexibility index (Phi) is 2.90. The van der Waals surface area contributed by atoms with E-state index in [1.165, 1.54) is 11.9 Å². The molecule has 0 spiro atoms. The molecule has 0 unspecified atom stereocenters. The van der Waals surface area contributed by atoms with Crippen LogP contribution in [0.15, 0.2) is 49.1 Å². The van der Waals surface area contributed by atoms with Crippen molar-refractivity contribution < 1.29 is 0 Å². The van der Waals surface area contributed by atoms with Gasteiger partial charge in [-0.1, -0.05) is 29.8 Å². The molecule has 0 saturated carbocycles. The van der Waals surface area contributed by atoms with E-state index < -0.39 is 0 Å². The van der Waals surface area contributed by atoms with E-state index in [0.717, 1.165) is 16.6 Å². The summed E-state index contributed by atoms with van der Waals surface area (Å²) in [6, 6.07) is 10.1. The van der Waals surface area contributed by atoms with Gasteiger partial charge in [0.25, 0.3) is 0 Å². The van der Waals surface area contributed by atoms with Gasteiger partial charge in [0, 0.05) is 24.2 Å². The van der Waals surface area contributed by atoms with Crippen molar-refractivity contribution >= 4 is 22.5 Å². The van der Waals surface area contributed by atoms with Crippen molar-refractivity contribution in [3.05, 3.63) is 65.3 Å². The van der Waals surface area contributed by atoms with Crippen LogP contribution in [0.2, 0.25) is 5.02 Å². The SMILES string of the molecule is Clc1cncnc1Cc1ccnc2ccccc12.